The maximum atomic E-state index is 7.44. The van der Waals surface area contributed by atoms with Crippen LogP contribution in [0, 0.1) is 12.3 Å². The minimum absolute atomic E-state index is 0.0251. The second kappa shape index (κ2) is 6.65. The number of hydrogen-bond donors (Lipinski definition) is 2. The number of rotatable bonds is 6. The molecule has 2 aromatic rings. The van der Waals surface area contributed by atoms with E-state index in [0.717, 1.165) is 18.5 Å². The number of nitrogen functional groups attached to an aromatic ring is 1. The number of nitrogens with zero attached hydrogens (tertiary/aromatic N) is 2. The zero-order valence-electron chi connectivity index (χ0n) is 11.5. The molecule has 3 N–H and O–H groups in total. The highest BCUT2D eigenvalue weighted by Crippen LogP contribution is 2.12. The van der Waals surface area contributed by atoms with Crippen LogP contribution in [0.15, 0.2) is 36.7 Å². The van der Waals surface area contributed by atoms with E-state index in [-0.39, 0.29) is 5.84 Å². The average molecular weight is 270 g/mol. The molecule has 0 saturated carbocycles. The van der Waals surface area contributed by atoms with E-state index in [4.69, 9.17) is 15.9 Å². The molecule has 0 amide bonds. The van der Waals surface area contributed by atoms with E-state index in [1.165, 1.54) is 5.56 Å². The summed E-state index contributed by atoms with van der Waals surface area (Å²) in [6, 6.07) is 7.46. The largest absolute Gasteiger partial charge is 0.478 e. The summed E-state index contributed by atoms with van der Waals surface area (Å²) >= 11 is 0. The Morgan fingerprint density at radius 1 is 1.30 bits per heavy atom. The van der Waals surface area contributed by atoms with Crippen molar-refractivity contribution in [2.45, 2.75) is 19.8 Å². The summed E-state index contributed by atoms with van der Waals surface area (Å²) in [6.45, 7) is 2.44. The molecule has 20 heavy (non-hydrogen) atoms. The molecule has 5 nitrogen and oxygen atoms in total. The SMILES string of the molecule is Cc1cc(C(=N)N)cc(OCCCc2ccncc2)n1. The number of nitrogens with two attached hydrogens (primary N) is 1. The number of ether oxygens (including phenoxy) is 1. The van der Waals surface area contributed by atoms with Crippen LogP contribution in [-0.2, 0) is 6.42 Å². The van der Waals surface area contributed by atoms with Crippen molar-refractivity contribution in [3.63, 3.8) is 0 Å². The number of aromatic nitrogens is 2. The van der Waals surface area contributed by atoms with Crippen molar-refractivity contribution in [3.05, 3.63) is 53.5 Å². The Bertz CT molecular complexity index is 584. The monoisotopic (exact) mass is 270 g/mol. The smallest absolute Gasteiger partial charge is 0.214 e. The van der Waals surface area contributed by atoms with Gasteiger partial charge in [0.2, 0.25) is 5.88 Å². The van der Waals surface area contributed by atoms with Crippen molar-refractivity contribution in [1.82, 2.24) is 9.97 Å². The molecular weight excluding hydrogens is 252 g/mol. The van der Waals surface area contributed by atoms with Gasteiger partial charge in [0.05, 0.1) is 6.61 Å². The Balaban J connectivity index is 1.86. The van der Waals surface area contributed by atoms with Crippen LogP contribution in [0.4, 0.5) is 0 Å². The number of nitrogens with one attached hydrogen (secondary N) is 1. The molecular formula is C15H18N4O. The third-order valence-electron chi connectivity index (χ3n) is 2.85. The quantitative estimate of drug-likeness (QED) is 0.478. The molecule has 0 fully saturated rings. The third kappa shape index (κ3) is 4.05. The van der Waals surface area contributed by atoms with Crippen LogP contribution >= 0.6 is 0 Å². The summed E-state index contributed by atoms with van der Waals surface area (Å²) in [4.78, 5) is 8.26. The van der Waals surface area contributed by atoms with Gasteiger partial charge in [0.1, 0.15) is 5.84 Å². The maximum absolute atomic E-state index is 7.44. The third-order valence-corrected chi connectivity index (χ3v) is 2.85. The summed E-state index contributed by atoms with van der Waals surface area (Å²) in [6.07, 6.45) is 5.41. The molecule has 2 aromatic heterocycles. The predicted octanol–water partition coefficient (Wildman–Crippen LogP) is 2.08. The lowest BCUT2D eigenvalue weighted by molar-refractivity contribution is 0.298. The molecule has 0 spiro atoms. The fourth-order valence-electron chi connectivity index (χ4n) is 1.87. The second-order valence-corrected chi connectivity index (χ2v) is 4.56. The van der Waals surface area contributed by atoms with Gasteiger partial charge < -0.3 is 10.5 Å². The van der Waals surface area contributed by atoms with E-state index < -0.39 is 0 Å². The van der Waals surface area contributed by atoms with Crippen molar-refractivity contribution in [2.24, 2.45) is 5.73 Å². The molecule has 0 aliphatic carbocycles. The summed E-state index contributed by atoms with van der Waals surface area (Å²) in [5.74, 6) is 0.544. The topological polar surface area (TPSA) is 84.9 Å². The van der Waals surface area contributed by atoms with E-state index >= 15 is 0 Å². The first-order valence-electron chi connectivity index (χ1n) is 6.50. The fourth-order valence-corrected chi connectivity index (χ4v) is 1.87. The van der Waals surface area contributed by atoms with Gasteiger partial charge >= 0.3 is 0 Å². The van der Waals surface area contributed by atoms with E-state index in [2.05, 4.69) is 9.97 Å². The molecule has 2 rings (SSSR count). The summed E-state index contributed by atoms with van der Waals surface area (Å²) in [5.41, 5.74) is 8.15. The molecule has 2 heterocycles. The molecule has 0 atom stereocenters. The van der Waals surface area contributed by atoms with Gasteiger partial charge in [0.15, 0.2) is 0 Å². The number of amidine groups is 1. The molecule has 0 radical (unpaired) electrons. The van der Waals surface area contributed by atoms with Crippen LogP contribution in [-0.4, -0.2) is 22.4 Å². The Kier molecular flexibility index (Phi) is 4.65. The van der Waals surface area contributed by atoms with Gasteiger partial charge in [0.25, 0.3) is 0 Å². The first-order chi connectivity index (χ1) is 9.65. The van der Waals surface area contributed by atoms with Crippen molar-refractivity contribution in [2.75, 3.05) is 6.61 Å². The highest BCUT2D eigenvalue weighted by atomic mass is 16.5. The minimum atomic E-state index is 0.0251. The van der Waals surface area contributed by atoms with Crippen LogP contribution < -0.4 is 10.5 Å². The Morgan fingerprint density at radius 3 is 2.75 bits per heavy atom. The van der Waals surface area contributed by atoms with E-state index in [1.54, 1.807) is 24.5 Å². The molecule has 0 saturated heterocycles. The lowest BCUT2D eigenvalue weighted by Crippen LogP contribution is -2.12. The van der Waals surface area contributed by atoms with Gasteiger partial charge in [-0.15, -0.1) is 0 Å². The predicted molar refractivity (Wildman–Crippen MR) is 78.0 cm³/mol. The van der Waals surface area contributed by atoms with E-state index in [1.807, 2.05) is 19.1 Å². The van der Waals surface area contributed by atoms with Crippen LogP contribution in [0.2, 0.25) is 0 Å². The molecule has 0 aliphatic rings. The van der Waals surface area contributed by atoms with Gasteiger partial charge in [-0.1, -0.05) is 0 Å². The van der Waals surface area contributed by atoms with Gasteiger partial charge in [-0.3, -0.25) is 10.4 Å². The van der Waals surface area contributed by atoms with Crippen molar-refractivity contribution >= 4 is 5.84 Å². The van der Waals surface area contributed by atoms with E-state index in [9.17, 15) is 0 Å². The number of pyridine rings is 2. The lowest BCUT2D eigenvalue weighted by Gasteiger charge is -2.08. The Hall–Kier alpha value is -2.43. The lowest BCUT2D eigenvalue weighted by atomic mass is 10.1. The van der Waals surface area contributed by atoms with Crippen molar-refractivity contribution in [3.8, 4) is 5.88 Å². The molecule has 0 aliphatic heterocycles. The average Bonchev–Trinajstić information content (AvgIpc) is 2.44. The molecule has 0 bridgehead atoms. The molecule has 0 aromatic carbocycles. The number of hydrogen-bond acceptors (Lipinski definition) is 4. The summed E-state index contributed by atoms with van der Waals surface area (Å²) in [5, 5.41) is 7.44. The van der Waals surface area contributed by atoms with Gasteiger partial charge in [0, 0.05) is 29.7 Å². The standard InChI is InChI=1S/C15H18N4O/c1-11-9-13(15(16)17)10-14(19-11)20-8-2-3-12-4-6-18-7-5-12/h4-7,9-10H,2-3,8H2,1H3,(H3,16,17). The minimum Gasteiger partial charge on any atom is -0.478 e. The molecule has 5 heteroatoms. The van der Waals surface area contributed by atoms with Gasteiger partial charge in [-0.05, 0) is 43.5 Å². The van der Waals surface area contributed by atoms with Crippen molar-refractivity contribution in [1.29, 1.82) is 5.41 Å². The first-order valence-corrected chi connectivity index (χ1v) is 6.50. The number of aryl methyl sites for hydroxylation is 2. The summed E-state index contributed by atoms with van der Waals surface area (Å²) in [7, 11) is 0. The second-order valence-electron chi connectivity index (χ2n) is 4.56. The fraction of sp³-hybridized carbons (Fsp3) is 0.267. The first kappa shape index (κ1) is 14.0. The highest BCUT2D eigenvalue weighted by Gasteiger charge is 2.03. The Morgan fingerprint density at radius 2 is 2.05 bits per heavy atom. The van der Waals surface area contributed by atoms with Gasteiger partial charge in [-0.2, -0.15) is 0 Å². The van der Waals surface area contributed by atoms with Gasteiger partial charge in [-0.25, -0.2) is 4.98 Å². The molecule has 104 valence electrons. The van der Waals surface area contributed by atoms with Crippen LogP contribution in [0.5, 0.6) is 5.88 Å². The zero-order chi connectivity index (χ0) is 14.4. The maximum Gasteiger partial charge on any atom is 0.214 e. The van der Waals surface area contributed by atoms with Crippen LogP contribution in [0.25, 0.3) is 0 Å². The normalized spacial score (nSPS) is 10.2. The van der Waals surface area contributed by atoms with Crippen LogP contribution in [0.1, 0.15) is 23.2 Å². The van der Waals surface area contributed by atoms with Crippen molar-refractivity contribution < 1.29 is 4.74 Å². The van der Waals surface area contributed by atoms with E-state index in [0.29, 0.717) is 18.1 Å². The Labute approximate surface area is 118 Å². The highest BCUT2D eigenvalue weighted by molar-refractivity contribution is 5.95. The summed E-state index contributed by atoms with van der Waals surface area (Å²) < 4.78 is 5.62. The van der Waals surface area contributed by atoms with Crippen LogP contribution in [0.3, 0.4) is 0 Å². The molecule has 0 unspecified atom stereocenters. The zero-order valence-corrected chi connectivity index (χ0v) is 11.5.